The van der Waals surface area contributed by atoms with Crippen LogP contribution in [0.25, 0.3) is 0 Å². The van der Waals surface area contributed by atoms with E-state index in [1.807, 2.05) is 6.92 Å². The third kappa shape index (κ3) is 6.42. The minimum absolute atomic E-state index is 0.0121. The summed E-state index contributed by atoms with van der Waals surface area (Å²) in [6.07, 6.45) is 1.01. The van der Waals surface area contributed by atoms with E-state index in [1.54, 1.807) is 7.05 Å². The molecule has 0 spiro atoms. The molecule has 0 saturated heterocycles. The van der Waals surface area contributed by atoms with Gasteiger partial charge in [0, 0.05) is 19.0 Å². The summed E-state index contributed by atoms with van der Waals surface area (Å²) in [7, 11) is 1.77. The molecule has 0 heterocycles. The Kier molecular flexibility index (Phi) is 6.74. The van der Waals surface area contributed by atoms with E-state index in [2.05, 4.69) is 10.6 Å². The van der Waals surface area contributed by atoms with E-state index >= 15 is 0 Å². The number of hydrogen-bond donors (Lipinski definition) is 3. The molecule has 0 aliphatic heterocycles. The van der Waals surface area contributed by atoms with Crippen molar-refractivity contribution in [2.45, 2.75) is 32.2 Å². The highest BCUT2D eigenvalue weighted by atomic mass is 16.4. The van der Waals surface area contributed by atoms with Gasteiger partial charge in [-0.05, 0) is 13.5 Å². The summed E-state index contributed by atoms with van der Waals surface area (Å²) >= 11 is 0. The molecule has 3 N–H and O–H groups in total. The van der Waals surface area contributed by atoms with Crippen LogP contribution in [0, 0.1) is 0 Å². The van der Waals surface area contributed by atoms with Gasteiger partial charge < -0.3 is 15.7 Å². The van der Waals surface area contributed by atoms with Crippen molar-refractivity contribution in [1.29, 1.82) is 0 Å². The van der Waals surface area contributed by atoms with Crippen molar-refractivity contribution < 1.29 is 14.7 Å². The van der Waals surface area contributed by atoms with Gasteiger partial charge >= 0.3 is 5.97 Å². The number of carbonyl (C=O) groups is 2. The predicted molar refractivity (Wildman–Crippen MR) is 53.0 cm³/mol. The second-order valence-electron chi connectivity index (χ2n) is 3.12. The molecule has 14 heavy (non-hydrogen) atoms. The van der Waals surface area contributed by atoms with Crippen LogP contribution >= 0.6 is 0 Å². The van der Waals surface area contributed by atoms with Crippen LogP contribution in [-0.4, -0.2) is 36.6 Å². The lowest BCUT2D eigenvalue weighted by molar-refractivity contribution is -0.137. The van der Waals surface area contributed by atoms with Crippen molar-refractivity contribution in [2.75, 3.05) is 13.6 Å². The third-order valence-corrected chi connectivity index (χ3v) is 1.88. The van der Waals surface area contributed by atoms with Crippen molar-refractivity contribution >= 4 is 11.9 Å². The SMILES string of the molecule is CCC(CC(=O)O)NC(=O)CCNC. The number of carbonyl (C=O) groups excluding carboxylic acids is 1. The normalized spacial score (nSPS) is 12.1. The molecule has 0 aromatic carbocycles. The quantitative estimate of drug-likeness (QED) is 0.541. The van der Waals surface area contributed by atoms with E-state index in [9.17, 15) is 9.59 Å². The number of amides is 1. The maximum absolute atomic E-state index is 11.2. The Morgan fingerprint density at radius 1 is 1.43 bits per heavy atom. The van der Waals surface area contributed by atoms with Crippen LogP contribution in [-0.2, 0) is 9.59 Å². The first-order chi connectivity index (χ1) is 6.60. The van der Waals surface area contributed by atoms with Crippen molar-refractivity contribution in [1.82, 2.24) is 10.6 Å². The molecule has 0 radical (unpaired) electrons. The van der Waals surface area contributed by atoms with Crippen LogP contribution in [0.2, 0.25) is 0 Å². The molecule has 0 fully saturated rings. The number of rotatable bonds is 7. The molecule has 0 aromatic heterocycles. The highest BCUT2D eigenvalue weighted by molar-refractivity contribution is 5.77. The molecule has 0 aromatic rings. The van der Waals surface area contributed by atoms with Gasteiger partial charge in [-0.1, -0.05) is 6.92 Å². The van der Waals surface area contributed by atoms with Gasteiger partial charge in [0.2, 0.25) is 5.91 Å². The van der Waals surface area contributed by atoms with Gasteiger partial charge in [-0.25, -0.2) is 0 Å². The number of nitrogens with one attached hydrogen (secondary N) is 2. The summed E-state index contributed by atoms with van der Waals surface area (Å²) in [5.41, 5.74) is 0. The van der Waals surface area contributed by atoms with Crippen LogP contribution in [0.5, 0.6) is 0 Å². The van der Waals surface area contributed by atoms with Crippen LogP contribution < -0.4 is 10.6 Å². The second-order valence-corrected chi connectivity index (χ2v) is 3.12. The van der Waals surface area contributed by atoms with E-state index in [0.29, 0.717) is 19.4 Å². The zero-order valence-corrected chi connectivity index (χ0v) is 8.67. The molecule has 82 valence electrons. The Hall–Kier alpha value is -1.10. The monoisotopic (exact) mass is 202 g/mol. The van der Waals surface area contributed by atoms with Gasteiger partial charge in [-0.15, -0.1) is 0 Å². The highest BCUT2D eigenvalue weighted by Gasteiger charge is 2.13. The molecule has 0 aliphatic carbocycles. The summed E-state index contributed by atoms with van der Waals surface area (Å²) in [4.78, 5) is 21.6. The first kappa shape index (κ1) is 12.9. The lowest BCUT2D eigenvalue weighted by Crippen LogP contribution is -2.37. The molecule has 5 heteroatoms. The standard InChI is InChI=1S/C9H18N2O3/c1-3-7(6-9(13)14)11-8(12)4-5-10-2/h7,10H,3-6H2,1-2H3,(H,11,12)(H,13,14). The zero-order chi connectivity index (χ0) is 11.0. The molecule has 0 bridgehead atoms. The fourth-order valence-corrected chi connectivity index (χ4v) is 1.05. The maximum Gasteiger partial charge on any atom is 0.305 e. The van der Waals surface area contributed by atoms with E-state index in [0.717, 1.165) is 0 Å². The summed E-state index contributed by atoms with van der Waals surface area (Å²) in [5, 5.41) is 14.1. The van der Waals surface area contributed by atoms with Crippen LogP contribution in [0.1, 0.15) is 26.2 Å². The minimum atomic E-state index is -0.884. The van der Waals surface area contributed by atoms with Gasteiger partial charge in [0.25, 0.3) is 0 Å². The molecule has 1 unspecified atom stereocenters. The fourth-order valence-electron chi connectivity index (χ4n) is 1.05. The smallest absolute Gasteiger partial charge is 0.305 e. The zero-order valence-electron chi connectivity index (χ0n) is 8.67. The molecule has 5 nitrogen and oxygen atoms in total. The summed E-state index contributed by atoms with van der Waals surface area (Å²) < 4.78 is 0. The molecule has 0 saturated carbocycles. The Labute approximate surface area is 83.9 Å². The molecule has 0 aliphatic rings. The first-order valence-electron chi connectivity index (χ1n) is 4.75. The molecule has 0 rings (SSSR count). The van der Waals surface area contributed by atoms with Gasteiger partial charge in [0.15, 0.2) is 0 Å². The predicted octanol–water partition coefficient (Wildman–Crippen LogP) is -0.0346. The topological polar surface area (TPSA) is 78.4 Å². The van der Waals surface area contributed by atoms with Gasteiger partial charge in [-0.3, -0.25) is 9.59 Å². The Morgan fingerprint density at radius 2 is 2.07 bits per heavy atom. The Bertz CT molecular complexity index is 194. The maximum atomic E-state index is 11.2. The lowest BCUT2D eigenvalue weighted by atomic mass is 10.1. The second kappa shape index (κ2) is 7.32. The molecular formula is C9H18N2O3. The molecular weight excluding hydrogens is 184 g/mol. The van der Waals surface area contributed by atoms with E-state index < -0.39 is 5.97 Å². The summed E-state index contributed by atoms with van der Waals surface area (Å²) in [5.74, 6) is -0.988. The van der Waals surface area contributed by atoms with Gasteiger partial charge in [0.1, 0.15) is 0 Å². The van der Waals surface area contributed by atoms with Crippen LogP contribution in [0.3, 0.4) is 0 Å². The molecule has 1 amide bonds. The Balaban J connectivity index is 3.80. The third-order valence-electron chi connectivity index (χ3n) is 1.88. The number of carboxylic acids is 1. The van der Waals surface area contributed by atoms with Crippen molar-refractivity contribution in [2.24, 2.45) is 0 Å². The van der Waals surface area contributed by atoms with Gasteiger partial charge in [-0.2, -0.15) is 0 Å². The molecule has 1 atom stereocenters. The largest absolute Gasteiger partial charge is 0.481 e. The number of carboxylic acid groups (broad SMARTS) is 1. The highest BCUT2D eigenvalue weighted by Crippen LogP contribution is 1.97. The van der Waals surface area contributed by atoms with E-state index in [4.69, 9.17) is 5.11 Å². The van der Waals surface area contributed by atoms with Gasteiger partial charge in [0.05, 0.1) is 6.42 Å². The van der Waals surface area contributed by atoms with E-state index in [-0.39, 0.29) is 18.4 Å². The van der Waals surface area contributed by atoms with Crippen molar-refractivity contribution in [3.8, 4) is 0 Å². The average molecular weight is 202 g/mol. The lowest BCUT2D eigenvalue weighted by Gasteiger charge is -2.14. The fraction of sp³-hybridized carbons (Fsp3) is 0.778. The number of hydrogen-bond acceptors (Lipinski definition) is 3. The summed E-state index contributed by atoms with van der Waals surface area (Å²) in [6.45, 7) is 2.46. The van der Waals surface area contributed by atoms with E-state index in [1.165, 1.54) is 0 Å². The Morgan fingerprint density at radius 3 is 2.50 bits per heavy atom. The van der Waals surface area contributed by atoms with Crippen molar-refractivity contribution in [3.63, 3.8) is 0 Å². The first-order valence-corrected chi connectivity index (χ1v) is 4.75. The minimum Gasteiger partial charge on any atom is -0.481 e. The van der Waals surface area contributed by atoms with Crippen molar-refractivity contribution in [3.05, 3.63) is 0 Å². The van der Waals surface area contributed by atoms with Crippen LogP contribution in [0.4, 0.5) is 0 Å². The van der Waals surface area contributed by atoms with Crippen LogP contribution in [0.15, 0.2) is 0 Å². The number of aliphatic carboxylic acids is 1. The summed E-state index contributed by atoms with van der Waals surface area (Å²) in [6, 6.07) is -0.253. The average Bonchev–Trinajstić information content (AvgIpc) is 2.12.